The van der Waals surface area contributed by atoms with Gasteiger partial charge in [-0.3, -0.25) is 9.59 Å². The largest absolute Gasteiger partial charge is 0.465 e. The molecule has 1 aliphatic rings. The maximum absolute atomic E-state index is 12.8. The molecule has 2 amide bonds. The number of benzene rings is 1. The van der Waals surface area contributed by atoms with Gasteiger partial charge in [-0.1, -0.05) is 30.3 Å². The average Bonchev–Trinajstić information content (AvgIpc) is 3.33. The summed E-state index contributed by atoms with van der Waals surface area (Å²) in [5, 5.41) is 2.85. The molecule has 5 nitrogen and oxygen atoms in total. The molecule has 1 atom stereocenters. The summed E-state index contributed by atoms with van der Waals surface area (Å²) in [7, 11) is 0. The first-order valence-electron chi connectivity index (χ1n) is 8.57. The van der Waals surface area contributed by atoms with Crippen LogP contribution in [0.4, 0.5) is 0 Å². The van der Waals surface area contributed by atoms with Crippen LogP contribution in [-0.4, -0.2) is 35.8 Å². The van der Waals surface area contributed by atoms with Gasteiger partial charge in [0.1, 0.15) is 11.8 Å². The third kappa shape index (κ3) is 4.83. The lowest BCUT2D eigenvalue weighted by atomic mass is 10.0. The van der Waals surface area contributed by atoms with E-state index in [2.05, 4.69) is 5.32 Å². The van der Waals surface area contributed by atoms with Gasteiger partial charge in [0.25, 0.3) is 0 Å². The van der Waals surface area contributed by atoms with Crippen LogP contribution in [0.3, 0.4) is 0 Å². The summed E-state index contributed by atoms with van der Waals surface area (Å²) < 4.78 is 5.17. The Hall–Kier alpha value is -2.82. The highest BCUT2D eigenvalue weighted by molar-refractivity contribution is 5.95. The monoisotopic (exact) mass is 338 g/mol. The molecular formula is C20H22N2O3. The van der Waals surface area contributed by atoms with Crippen LogP contribution >= 0.6 is 0 Å². The summed E-state index contributed by atoms with van der Waals surface area (Å²) in [6.45, 7) is 1.53. The number of hydrogen-bond donors (Lipinski definition) is 1. The Morgan fingerprint density at radius 2 is 1.88 bits per heavy atom. The van der Waals surface area contributed by atoms with E-state index in [4.69, 9.17) is 4.42 Å². The predicted molar refractivity (Wildman–Crippen MR) is 95.6 cm³/mol. The normalized spacial score (nSPS) is 15.4. The van der Waals surface area contributed by atoms with E-state index >= 15 is 0 Å². The third-order valence-electron chi connectivity index (χ3n) is 4.26. The molecule has 2 heterocycles. The minimum Gasteiger partial charge on any atom is -0.465 e. The Kier molecular flexibility index (Phi) is 5.67. The molecule has 0 saturated carbocycles. The van der Waals surface area contributed by atoms with Crippen molar-refractivity contribution < 1.29 is 14.0 Å². The molecule has 0 radical (unpaired) electrons. The minimum atomic E-state index is -0.561. The highest BCUT2D eigenvalue weighted by atomic mass is 16.3. The number of amides is 2. The highest BCUT2D eigenvalue weighted by Crippen LogP contribution is 2.12. The van der Waals surface area contributed by atoms with Gasteiger partial charge in [-0.25, -0.2) is 0 Å². The van der Waals surface area contributed by atoms with Crippen LogP contribution in [0, 0.1) is 0 Å². The average molecular weight is 338 g/mol. The lowest BCUT2D eigenvalue weighted by molar-refractivity contribution is -0.134. The van der Waals surface area contributed by atoms with Crippen LogP contribution in [0.15, 0.2) is 59.2 Å². The Labute approximate surface area is 147 Å². The lowest BCUT2D eigenvalue weighted by Gasteiger charge is -2.23. The Bertz CT molecular complexity index is 717. The number of likely N-dealkylation sites (tertiary alicyclic amines) is 1. The molecule has 1 unspecified atom stereocenters. The second-order valence-corrected chi connectivity index (χ2v) is 6.13. The molecule has 1 aliphatic heterocycles. The number of rotatable bonds is 6. The minimum absolute atomic E-state index is 0.0129. The van der Waals surface area contributed by atoms with Gasteiger partial charge in [0.15, 0.2) is 0 Å². The summed E-state index contributed by atoms with van der Waals surface area (Å²) in [5.41, 5.74) is 1.02. The zero-order valence-corrected chi connectivity index (χ0v) is 14.1. The van der Waals surface area contributed by atoms with Crippen molar-refractivity contribution in [2.75, 3.05) is 13.1 Å². The quantitative estimate of drug-likeness (QED) is 0.824. The molecule has 130 valence electrons. The smallest absolute Gasteiger partial charge is 0.245 e. The Balaban J connectivity index is 1.68. The molecule has 0 spiro atoms. The summed E-state index contributed by atoms with van der Waals surface area (Å²) in [6.07, 6.45) is 7.07. The molecular weight excluding hydrogens is 316 g/mol. The predicted octanol–water partition coefficient (Wildman–Crippen LogP) is 2.64. The van der Waals surface area contributed by atoms with Gasteiger partial charge < -0.3 is 14.6 Å². The van der Waals surface area contributed by atoms with Crippen molar-refractivity contribution in [1.82, 2.24) is 10.2 Å². The number of nitrogens with one attached hydrogen (secondary N) is 1. The molecule has 1 aromatic heterocycles. The number of carbonyl (C=O) groups excluding carboxylic acids is 2. The topological polar surface area (TPSA) is 62.6 Å². The van der Waals surface area contributed by atoms with Gasteiger partial charge in [-0.05, 0) is 36.6 Å². The van der Waals surface area contributed by atoms with E-state index in [0.717, 1.165) is 31.5 Å². The Morgan fingerprint density at radius 3 is 2.56 bits per heavy atom. The summed E-state index contributed by atoms with van der Waals surface area (Å²) in [5.74, 6) is 0.284. The highest BCUT2D eigenvalue weighted by Gasteiger charge is 2.27. The molecule has 1 N–H and O–H groups in total. The van der Waals surface area contributed by atoms with Crippen LogP contribution in [0.25, 0.3) is 6.08 Å². The van der Waals surface area contributed by atoms with Crippen LogP contribution in [0.1, 0.15) is 24.2 Å². The first-order valence-corrected chi connectivity index (χ1v) is 8.57. The van der Waals surface area contributed by atoms with Gasteiger partial charge in [0.05, 0.1) is 6.26 Å². The van der Waals surface area contributed by atoms with Crippen molar-refractivity contribution in [3.8, 4) is 0 Å². The van der Waals surface area contributed by atoms with Gasteiger partial charge in [-0.2, -0.15) is 0 Å². The van der Waals surface area contributed by atoms with Gasteiger partial charge in [0, 0.05) is 25.6 Å². The number of carbonyl (C=O) groups is 2. The third-order valence-corrected chi connectivity index (χ3v) is 4.26. The molecule has 1 aromatic carbocycles. The maximum Gasteiger partial charge on any atom is 0.245 e. The molecule has 5 heteroatoms. The van der Waals surface area contributed by atoms with Gasteiger partial charge in [-0.15, -0.1) is 0 Å². The van der Waals surface area contributed by atoms with Gasteiger partial charge in [0.2, 0.25) is 11.8 Å². The molecule has 25 heavy (non-hydrogen) atoms. The standard InChI is InChI=1S/C20H22N2O3/c23-19(11-10-17-9-6-14-25-17)21-18(15-16-7-2-1-3-8-16)20(24)22-12-4-5-13-22/h1-3,6-11,14,18H,4-5,12-13,15H2,(H,21,23). The summed E-state index contributed by atoms with van der Waals surface area (Å²) in [4.78, 5) is 26.9. The summed E-state index contributed by atoms with van der Waals surface area (Å²) in [6, 6.07) is 12.7. The van der Waals surface area contributed by atoms with Crippen molar-refractivity contribution in [2.24, 2.45) is 0 Å². The second-order valence-electron chi connectivity index (χ2n) is 6.13. The van der Waals surface area contributed by atoms with E-state index in [-0.39, 0.29) is 11.8 Å². The van der Waals surface area contributed by atoms with E-state index in [0.29, 0.717) is 12.2 Å². The van der Waals surface area contributed by atoms with E-state index in [1.54, 1.807) is 24.5 Å². The van der Waals surface area contributed by atoms with Crippen molar-refractivity contribution >= 4 is 17.9 Å². The molecule has 3 rings (SSSR count). The van der Waals surface area contributed by atoms with Crippen LogP contribution in [0.5, 0.6) is 0 Å². The maximum atomic E-state index is 12.8. The SMILES string of the molecule is O=C(C=Cc1ccco1)NC(Cc1ccccc1)C(=O)N1CCCC1. The first kappa shape index (κ1) is 17.0. The fourth-order valence-corrected chi connectivity index (χ4v) is 2.97. The second kappa shape index (κ2) is 8.33. The fourth-order valence-electron chi connectivity index (χ4n) is 2.97. The number of hydrogen-bond acceptors (Lipinski definition) is 3. The molecule has 1 fully saturated rings. The van der Waals surface area contributed by atoms with Gasteiger partial charge >= 0.3 is 0 Å². The van der Waals surface area contributed by atoms with E-state index < -0.39 is 6.04 Å². The zero-order valence-electron chi connectivity index (χ0n) is 14.1. The molecule has 2 aromatic rings. The molecule has 0 aliphatic carbocycles. The zero-order chi connectivity index (χ0) is 17.5. The van der Waals surface area contributed by atoms with Crippen molar-refractivity contribution in [2.45, 2.75) is 25.3 Å². The molecule has 0 bridgehead atoms. The van der Waals surface area contributed by atoms with Crippen LogP contribution < -0.4 is 5.32 Å². The first-order chi connectivity index (χ1) is 12.2. The fraction of sp³-hybridized carbons (Fsp3) is 0.300. The van der Waals surface area contributed by atoms with Crippen molar-refractivity contribution in [1.29, 1.82) is 0 Å². The van der Waals surface area contributed by atoms with Crippen molar-refractivity contribution in [3.05, 3.63) is 66.1 Å². The number of nitrogens with zero attached hydrogens (tertiary/aromatic N) is 1. The van der Waals surface area contributed by atoms with E-state index in [9.17, 15) is 9.59 Å². The van der Waals surface area contributed by atoms with Crippen LogP contribution in [-0.2, 0) is 16.0 Å². The van der Waals surface area contributed by atoms with Crippen molar-refractivity contribution in [3.63, 3.8) is 0 Å². The number of furan rings is 1. The lowest BCUT2D eigenvalue weighted by Crippen LogP contribution is -2.48. The van der Waals surface area contributed by atoms with Crippen LogP contribution in [0.2, 0.25) is 0 Å². The summed E-state index contributed by atoms with van der Waals surface area (Å²) >= 11 is 0. The van der Waals surface area contributed by atoms with E-state index in [1.165, 1.54) is 6.08 Å². The molecule has 1 saturated heterocycles. The Morgan fingerprint density at radius 1 is 1.12 bits per heavy atom. The van der Waals surface area contributed by atoms with E-state index in [1.807, 2.05) is 35.2 Å².